The minimum Gasteiger partial charge on any atom is -0.452 e. The fourth-order valence-corrected chi connectivity index (χ4v) is 8.27. The third-order valence-corrected chi connectivity index (χ3v) is 10.8. The van der Waals surface area contributed by atoms with Gasteiger partial charge in [0.2, 0.25) is 5.95 Å². The van der Waals surface area contributed by atoms with Gasteiger partial charge in [0.1, 0.15) is 16.8 Å². The van der Waals surface area contributed by atoms with E-state index >= 15 is 0 Å². The summed E-state index contributed by atoms with van der Waals surface area (Å²) < 4.78 is 17.5. The van der Waals surface area contributed by atoms with E-state index in [-0.39, 0.29) is 0 Å². The van der Waals surface area contributed by atoms with Gasteiger partial charge >= 0.3 is 0 Å². The van der Waals surface area contributed by atoms with E-state index in [2.05, 4.69) is 137 Å². The van der Waals surface area contributed by atoms with Crippen LogP contribution in [0.2, 0.25) is 0 Å². The molecule has 6 nitrogen and oxygen atoms in total. The molecule has 12 rings (SSSR count). The first-order valence-corrected chi connectivity index (χ1v) is 18.1. The van der Waals surface area contributed by atoms with E-state index < -0.39 is 0 Å². The molecule has 0 aliphatic heterocycles. The highest BCUT2D eigenvalue weighted by Crippen LogP contribution is 2.42. The summed E-state index contributed by atoms with van der Waals surface area (Å²) in [6.45, 7) is 0. The van der Waals surface area contributed by atoms with Gasteiger partial charge in [-0.05, 0) is 77.9 Å². The number of hydrogen-bond donors (Lipinski definition) is 0. The zero-order chi connectivity index (χ0) is 35.3. The van der Waals surface area contributed by atoms with Gasteiger partial charge in [-0.3, -0.25) is 4.57 Å². The number of rotatable bonds is 4. The summed E-state index contributed by atoms with van der Waals surface area (Å²) in [5.41, 5.74) is 12.0. The van der Waals surface area contributed by atoms with Gasteiger partial charge in [0.05, 0.1) is 21.9 Å². The van der Waals surface area contributed by atoms with Gasteiger partial charge in [0.25, 0.3) is 0 Å². The lowest BCUT2D eigenvalue weighted by atomic mass is 10.0. The second-order valence-corrected chi connectivity index (χ2v) is 13.8. The Morgan fingerprint density at radius 2 is 1.11 bits per heavy atom. The summed E-state index contributed by atoms with van der Waals surface area (Å²) in [6.07, 6.45) is 2.14. The third kappa shape index (κ3) is 4.16. The highest BCUT2D eigenvalue weighted by molar-refractivity contribution is 6.19. The highest BCUT2D eigenvalue weighted by atomic mass is 16.4. The van der Waals surface area contributed by atoms with Crippen LogP contribution in [0.3, 0.4) is 0 Å². The smallest absolute Gasteiger partial charge is 0.236 e. The predicted octanol–water partition coefficient (Wildman–Crippen LogP) is 12.7. The first-order chi connectivity index (χ1) is 26.8. The normalized spacial score (nSPS) is 12.1. The van der Waals surface area contributed by atoms with Crippen molar-refractivity contribution in [2.24, 2.45) is 0 Å². The van der Waals surface area contributed by atoms with Crippen molar-refractivity contribution in [2.45, 2.75) is 0 Å². The van der Waals surface area contributed by atoms with E-state index in [1.165, 1.54) is 10.9 Å². The molecule has 0 bridgehead atoms. The Morgan fingerprint density at radius 3 is 1.98 bits per heavy atom. The zero-order valence-corrected chi connectivity index (χ0v) is 28.8. The van der Waals surface area contributed by atoms with Gasteiger partial charge in [0.15, 0.2) is 16.7 Å². The van der Waals surface area contributed by atoms with Gasteiger partial charge in [-0.15, -0.1) is 0 Å². The first-order valence-electron chi connectivity index (χ1n) is 18.1. The molecule has 0 unspecified atom stereocenters. The lowest BCUT2D eigenvalue weighted by Gasteiger charge is -2.10. The molecule has 0 N–H and O–H groups in total. The maximum atomic E-state index is 6.72. The van der Waals surface area contributed by atoms with E-state index in [0.717, 1.165) is 77.1 Å². The molecule has 12 aromatic rings. The van der Waals surface area contributed by atoms with Crippen LogP contribution >= 0.6 is 0 Å². The lowest BCUT2D eigenvalue weighted by Crippen LogP contribution is -2.02. The van der Waals surface area contributed by atoms with Gasteiger partial charge in [0, 0.05) is 44.4 Å². The SMILES string of the molecule is c1ccc(-c2nc(-n3c4ccccc4c4cc(-c5ccc6c(ccn6-c6ccccc6)c5)ccc43)nc3c2oc2c3ccc3c4ccccc4oc32)cc1. The predicted molar refractivity (Wildman–Crippen MR) is 219 cm³/mol. The van der Waals surface area contributed by atoms with Crippen molar-refractivity contribution in [1.29, 1.82) is 0 Å². The van der Waals surface area contributed by atoms with Gasteiger partial charge in [-0.1, -0.05) is 97.1 Å². The molecule has 7 aromatic carbocycles. The highest BCUT2D eigenvalue weighted by Gasteiger charge is 2.23. The molecule has 0 radical (unpaired) electrons. The topological polar surface area (TPSA) is 61.9 Å². The summed E-state index contributed by atoms with van der Waals surface area (Å²) in [6, 6.07) is 57.1. The molecule has 0 saturated heterocycles. The zero-order valence-electron chi connectivity index (χ0n) is 28.8. The summed E-state index contributed by atoms with van der Waals surface area (Å²) in [5.74, 6) is 0.580. The number of aromatic nitrogens is 4. The summed E-state index contributed by atoms with van der Waals surface area (Å²) in [4.78, 5) is 10.6. The Balaban J connectivity index is 1.08. The molecule has 0 fully saturated rings. The standard InChI is InChI=1S/C48H28N4O2/c1-3-11-29(12-4-1)43-47-44(37-22-21-36-35-16-8-10-18-42(35)53-45(36)46(37)54-47)50-48(49-43)52-40-17-9-7-15-34(40)38-28-31(20-24-41(38)52)30-19-23-39-32(27-30)25-26-51(39)33-13-5-2-6-14-33/h1-28H. The summed E-state index contributed by atoms with van der Waals surface area (Å²) >= 11 is 0. The van der Waals surface area contributed by atoms with Crippen LogP contribution in [-0.4, -0.2) is 19.1 Å². The Kier molecular flexibility index (Phi) is 5.96. The third-order valence-electron chi connectivity index (χ3n) is 10.8. The number of furan rings is 2. The van der Waals surface area contributed by atoms with Crippen molar-refractivity contribution >= 4 is 76.7 Å². The number of fused-ring (bicyclic) bond motifs is 11. The van der Waals surface area contributed by atoms with Crippen molar-refractivity contribution in [1.82, 2.24) is 19.1 Å². The van der Waals surface area contributed by atoms with Crippen LogP contribution in [0.1, 0.15) is 0 Å². The van der Waals surface area contributed by atoms with E-state index in [1.807, 2.05) is 42.5 Å². The van der Waals surface area contributed by atoms with Gasteiger partial charge in [-0.2, -0.15) is 0 Å². The second-order valence-electron chi connectivity index (χ2n) is 13.8. The largest absolute Gasteiger partial charge is 0.452 e. The van der Waals surface area contributed by atoms with E-state index in [0.29, 0.717) is 22.7 Å². The van der Waals surface area contributed by atoms with Crippen molar-refractivity contribution in [3.63, 3.8) is 0 Å². The average Bonchev–Trinajstić information content (AvgIpc) is 4.01. The Labute approximate surface area is 307 Å². The van der Waals surface area contributed by atoms with Gasteiger partial charge < -0.3 is 13.4 Å². The Morgan fingerprint density at radius 1 is 0.426 bits per heavy atom. The van der Waals surface area contributed by atoms with Gasteiger partial charge in [-0.25, -0.2) is 9.97 Å². The van der Waals surface area contributed by atoms with Crippen molar-refractivity contribution in [3.8, 4) is 34.0 Å². The van der Waals surface area contributed by atoms with E-state index in [9.17, 15) is 0 Å². The van der Waals surface area contributed by atoms with Crippen LogP contribution in [-0.2, 0) is 0 Å². The van der Waals surface area contributed by atoms with Crippen molar-refractivity contribution in [2.75, 3.05) is 0 Å². The minimum absolute atomic E-state index is 0.580. The van der Waals surface area contributed by atoms with E-state index in [4.69, 9.17) is 18.8 Å². The fourth-order valence-electron chi connectivity index (χ4n) is 8.27. The van der Waals surface area contributed by atoms with Crippen LogP contribution in [0.5, 0.6) is 0 Å². The summed E-state index contributed by atoms with van der Waals surface area (Å²) in [7, 11) is 0. The molecule has 252 valence electrons. The molecular formula is C48H28N4O2. The number of para-hydroxylation sites is 3. The molecule has 5 heterocycles. The first kappa shape index (κ1) is 29.2. The monoisotopic (exact) mass is 692 g/mol. The molecule has 0 amide bonds. The van der Waals surface area contributed by atoms with Crippen molar-refractivity contribution in [3.05, 3.63) is 170 Å². The minimum atomic E-state index is 0.580. The molecule has 5 aromatic heterocycles. The van der Waals surface area contributed by atoms with Crippen molar-refractivity contribution < 1.29 is 8.83 Å². The lowest BCUT2D eigenvalue weighted by molar-refractivity contribution is 0.632. The van der Waals surface area contributed by atoms with Crippen LogP contribution in [0, 0.1) is 0 Å². The molecule has 0 aliphatic carbocycles. The molecular weight excluding hydrogens is 665 g/mol. The fraction of sp³-hybridized carbons (Fsp3) is 0. The maximum absolute atomic E-state index is 6.72. The van der Waals surface area contributed by atoms with Crippen LogP contribution in [0.25, 0.3) is 111 Å². The van der Waals surface area contributed by atoms with E-state index in [1.54, 1.807) is 0 Å². The second kappa shape index (κ2) is 11.0. The van der Waals surface area contributed by atoms with Crippen LogP contribution in [0.15, 0.2) is 179 Å². The molecule has 0 spiro atoms. The molecule has 54 heavy (non-hydrogen) atoms. The number of nitrogens with zero attached hydrogens (tertiary/aromatic N) is 4. The van der Waals surface area contributed by atoms with Crippen LogP contribution in [0.4, 0.5) is 0 Å². The molecule has 6 heteroatoms. The summed E-state index contributed by atoms with van der Waals surface area (Å²) in [5, 5.41) is 6.42. The number of hydrogen-bond acceptors (Lipinski definition) is 4. The Hall–Kier alpha value is -7.44. The average molecular weight is 693 g/mol. The maximum Gasteiger partial charge on any atom is 0.236 e. The Bertz CT molecular complexity index is 3440. The quantitative estimate of drug-likeness (QED) is 0.184. The molecule has 0 aliphatic rings. The molecule has 0 atom stereocenters. The molecule has 0 saturated carbocycles. The number of benzene rings is 7. The van der Waals surface area contributed by atoms with Crippen LogP contribution < -0.4 is 0 Å².